The smallest absolute Gasteiger partial charge is 0.275 e. The zero-order valence-electron chi connectivity index (χ0n) is 11.0. The molecule has 1 aliphatic heterocycles. The number of nitrogens with zero attached hydrogens (tertiary/aromatic N) is 2. The van der Waals surface area contributed by atoms with E-state index in [1.807, 2.05) is 30.3 Å². The van der Waals surface area contributed by atoms with Gasteiger partial charge in [0.25, 0.3) is 5.91 Å². The van der Waals surface area contributed by atoms with Crippen LogP contribution in [0.3, 0.4) is 0 Å². The second-order valence-electron chi connectivity index (χ2n) is 4.99. The number of hydrogen-bond acceptors (Lipinski definition) is 4. The van der Waals surface area contributed by atoms with E-state index >= 15 is 0 Å². The molecule has 1 atom stereocenters. The lowest BCUT2D eigenvalue weighted by molar-refractivity contribution is 0.0776. The van der Waals surface area contributed by atoms with Crippen molar-refractivity contribution in [1.82, 2.24) is 9.88 Å². The third-order valence-corrected chi connectivity index (χ3v) is 3.58. The van der Waals surface area contributed by atoms with Crippen LogP contribution in [0.15, 0.2) is 41.0 Å². The number of hydrogen-bond donors (Lipinski definition) is 1. The topological polar surface area (TPSA) is 66.6 Å². The van der Waals surface area contributed by atoms with Gasteiger partial charge in [0.05, 0.1) is 0 Å². The molecule has 1 amide bonds. The Morgan fingerprint density at radius 2 is 2.20 bits per heavy atom. The molecule has 1 aromatic heterocycles. The Balaban J connectivity index is 1.76. The van der Waals surface area contributed by atoms with Crippen molar-refractivity contribution >= 4 is 5.91 Å². The summed E-state index contributed by atoms with van der Waals surface area (Å²) in [4.78, 5) is 18.2. The minimum Gasteiger partial charge on any atom is -0.444 e. The first-order chi connectivity index (χ1) is 9.78. The number of aromatic nitrogens is 1. The molecule has 3 rings (SSSR count). The van der Waals surface area contributed by atoms with Gasteiger partial charge in [-0.05, 0) is 18.6 Å². The molecule has 1 aromatic carbocycles. The molecule has 1 saturated heterocycles. The van der Waals surface area contributed by atoms with Crippen LogP contribution in [0, 0.1) is 5.92 Å². The molecule has 1 N–H and O–H groups in total. The molecule has 1 aliphatic rings. The van der Waals surface area contributed by atoms with E-state index in [2.05, 4.69) is 4.98 Å². The SMILES string of the molecule is O=C(c1coc(-c2ccccc2)n1)N1CCC(CO)C1. The molecular weight excluding hydrogens is 256 g/mol. The van der Waals surface area contributed by atoms with E-state index in [-0.39, 0.29) is 18.4 Å². The molecule has 5 nitrogen and oxygen atoms in total. The summed E-state index contributed by atoms with van der Waals surface area (Å²) in [6, 6.07) is 9.48. The van der Waals surface area contributed by atoms with Crippen LogP contribution in [0.5, 0.6) is 0 Å². The van der Waals surface area contributed by atoms with Crippen molar-refractivity contribution in [3.05, 3.63) is 42.3 Å². The molecule has 0 aliphatic carbocycles. The number of amides is 1. The van der Waals surface area contributed by atoms with Crippen molar-refractivity contribution in [1.29, 1.82) is 0 Å². The van der Waals surface area contributed by atoms with Crippen LogP contribution in [-0.2, 0) is 0 Å². The highest BCUT2D eigenvalue weighted by Crippen LogP contribution is 2.21. The average Bonchev–Trinajstić information content (AvgIpc) is 3.17. The largest absolute Gasteiger partial charge is 0.444 e. The molecule has 2 aromatic rings. The normalized spacial score (nSPS) is 18.4. The molecule has 5 heteroatoms. The zero-order valence-corrected chi connectivity index (χ0v) is 11.0. The van der Waals surface area contributed by atoms with Crippen LogP contribution in [0.25, 0.3) is 11.5 Å². The van der Waals surface area contributed by atoms with E-state index in [1.165, 1.54) is 6.26 Å². The Bertz CT molecular complexity index is 594. The maximum Gasteiger partial charge on any atom is 0.275 e. The second kappa shape index (κ2) is 5.46. The molecule has 0 bridgehead atoms. The highest BCUT2D eigenvalue weighted by Gasteiger charge is 2.28. The quantitative estimate of drug-likeness (QED) is 0.925. The molecule has 2 heterocycles. The summed E-state index contributed by atoms with van der Waals surface area (Å²) >= 11 is 0. The fourth-order valence-electron chi connectivity index (χ4n) is 2.41. The second-order valence-corrected chi connectivity index (χ2v) is 4.99. The monoisotopic (exact) mass is 272 g/mol. The van der Waals surface area contributed by atoms with Gasteiger partial charge in [0.15, 0.2) is 5.69 Å². The average molecular weight is 272 g/mol. The predicted octanol–water partition coefficient (Wildman–Crippen LogP) is 1.80. The summed E-state index contributed by atoms with van der Waals surface area (Å²) in [5.74, 6) is 0.498. The lowest BCUT2D eigenvalue weighted by Gasteiger charge is -2.13. The molecule has 0 radical (unpaired) electrons. The van der Waals surface area contributed by atoms with Crippen molar-refractivity contribution in [3.63, 3.8) is 0 Å². The fraction of sp³-hybridized carbons (Fsp3) is 0.333. The van der Waals surface area contributed by atoms with Crippen molar-refractivity contribution in [2.75, 3.05) is 19.7 Å². The van der Waals surface area contributed by atoms with Gasteiger partial charge < -0.3 is 14.4 Å². The van der Waals surface area contributed by atoms with Crippen molar-refractivity contribution < 1.29 is 14.3 Å². The lowest BCUT2D eigenvalue weighted by atomic mass is 10.1. The minimum absolute atomic E-state index is 0.123. The Kier molecular flexibility index (Phi) is 3.52. The maximum absolute atomic E-state index is 12.3. The van der Waals surface area contributed by atoms with Gasteiger partial charge in [0, 0.05) is 31.2 Å². The van der Waals surface area contributed by atoms with Crippen molar-refractivity contribution in [2.45, 2.75) is 6.42 Å². The third-order valence-electron chi connectivity index (χ3n) is 3.58. The van der Waals surface area contributed by atoms with Gasteiger partial charge in [-0.15, -0.1) is 0 Å². The van der Waals surface area contributed by atoms with Crippen molar-refractivity contribution in [2.24, 2.45) is 5.92 Å². The number of likely N-dealkylation sites (tertiary alicyclic amines) is 1. The van der Waals surface area contributed by atoms with E-state index in [0.717, 1.165) is 12.0 Å². The van der Waals surface area contributed by atoms with Gasteiger partial charge in [0.2, 0.25) is 5.89 Å². The predicted molar refractivity (Wildman–Crippen MR) is 73.0 cm³/mol. The van der Waals surface area contributed by atoms with Gasteiger partial charge in [-0.1, -0.05) is 18.2 Å². The van der Waals surface area contributed by atoms with Crippen LogP contribution in [0.1, 0.15) is 16.9 Å². The van der Waals surface area contributed by atoms with E-state index in [4.69, 9.17) is 9.52 Å². The summed E-state index contributed by atoms with van der Waals surface area (Å²) in [5.41, 5.74) is 1.17. The Labute approximate surface area is 116 Å². The van der Waals surface area contributed by atoms with E-state index in [9.17, 15) is 4.79 Å². The van der Waals surface area contributed by atoms with E-state index in [0.29, 0.717) is 24.7 Å². The van der Waals surface area contributed by atoms with Crippen LogP contribution in [-0.4, -0.2) is 40.6 Å². The number of carbonyl (C=O) groups is 1. The molecule has 104 valence electrons. The Hall–Kier alpha value is -2.14. The molecule has 0 spiro atoms. The number of aliphatic hydroxyl groups excluding tert-OH is 1. The zero-order chi connectivity index (χ0) is 13.9. The number of rotatable bonds is 3. The summed E-state index contributed by atoms with van der Waals surface area (Å²) in [5, 5.41) is 9.12. The van der Waals surface area contributed by atoms with Crippen molar-refractivity contribution in [3.8, 4) is 11.5 Å². The highest BCUT2D eigenvalue weighted by atomic mass is 16.3. The van der Waals surface area contributed by atoms with Gasteiger partial charge in [-0.25, -0.2) is 4.98 Å². The molecule has 1 unspecified atom stereocenters. The van der Waals surface area contributed by atoms with E-state index in [1.54, 1.807) is 4.90 Å². The van der Waals surface area contributed by atoms with Gasteiger partial charge in [-0.3, -0.25) is 4.79 Å². The van der Waals surface area contributed by atoms with Crippen LogP contribution < -0.4 is 0 Å². The van der Waals surface area contributed by atoms with Crippen LogP contribution in [0.2, 0.25) is 0 Å². The summed E-state index contributed by atoms with van der Waals surface area (Å²) in [6.07, 6.45) is 2.24. The summed E-state index contributed by atoms with van der Waals surface area (Å²) < 4.78 is 5.38. The van der Waals surface area contributed by atoms with Gasteiger partial charge >= 0.3 is 0 Å². The highest BCUT2D eigenvalue weighted by molar-refractivity contribution is 5.92. The minimum atomic E-state index is -0.133. The first-order valence-electron chi connectivity index (χ1n) is 6.69. The van der Waals surface area contributed by atoms with E-state index < -0.39 is 0 Å². The number of carbonyl (C=O) groups excluding carboxylic acids is 1. The number of aliphatic hydroxyl groups is 1. The van der Waals surface area contributed by atoms with Gasteiger partial charge in [-0.2, -0.15) is 0 Å². The van der Waals surface area contributed by atoms with Gasteiger partial charge in [0.1, 0.15) is 6.26 Å². The fourth-order valence-corrected chi connectivity index (χ4v) is 2.41. The maximum atomic E-state index is 12.3. The van der Waals surface area contributed by atoms with Crippen LogP contribution >= 0.6 is 0 Å². The first-order valence-corrected chi connectivity index (χ1v) is 6.69. The van der Waals surface area contributed by atoms with Crippen LogP contribution in [0.4, 0.5) is 0 Å². The molecule has 1 fully saturated rings. The Morgan fingerprint density at radius 3 is 2.90 bits per heavy atom. The molecule has 20 heavy (non-hydrogen) atoms. The lowest BCUT2D eigenvalue weighted by Crippen LogP contribution is -2.29. The molecule has 0 saturated carbocycles. The summed E-state index contributed by atoms with van der Waals surface area (Å²) in [6.45, 7) is 1.37. The number of benzene rings is 1. The number of oxazole rings is 1. The molecular formula is C15H16N2O3. The standard InChI is InChI=1S/C15H16N2O3/c18-9-11-6-7-17(8-11)15(19)13-10-20-14(16-13)12-4-2-1-3-5-12/h1-5,10-11,18H,6-9H2. The Morgan fingerprint density at radius 1 is 1.40 bits per heavy atom. The first kappa shape index (κ1) is 12.9. The third kappa shape index (κ3) is 2.44. The summed E-state index contributed by atoms with van der Waals surface area (Å²) in [7, 11) is 0.